The van der Waals surface area contributed by atoms with Crippen LogP contribution in [-0.2, 0) is 9.59 Å². The molecule has 2 atom stereocenters. The SMILES string of the molecule is CCCCC/C=C/C[N+](CO)(C(C)C(=O)O)C(C)C(=O)O. The van der Waals surface area contributed by atoms with Crippen molar-refractivity contribution in [2.45, 2.75) is 58.5 Å². The van der Waals surface area contributed by atoms with Crippen LogP contribution in [0.4, 0.5) is 0 Å². The molecule has 2 unspecified atom stereocenters. The van der Waals surface area contributed by atoms with Crippen LogP contribution >= 0.6 is 0 Å². The van der Waals surface area contributed by atoms with Crippen molar-refractivity contribution in [2.75, 3.05) is 13.3 Å². The zero-order chi connectivity index (χ0) is 16.5. The predicted molar refractivity (Wildman–Crippen MR) is 79.7 cm³/mol. The van der Waals surface area contributed by atoms with E-state index in [1.54, 1.807) is 6.08 Å². The van der Waals surface area contributed by atoms with Gasteiger partial charge in [0.05, 0.1) is 0 Å². The number of carboxylic acid groups (broad SMARTS) is 2. The van der Waals surface area contributed by atoms with Gasteiger partial charge in [0.25, 0.3) is 0 Å². The van der Waals surface area contributed by atoms with Crippen LogP contribution in [0.5, 0.6) is 0 Å². The fourth-order valence-electron chi connectivity index (χ4n) is 2.30. The van der Waals surface area contributed by atoms with Gasteiger partial charge in [-0.2, -0.15) is 0 Å². The molecule has 0 aliphatic rings. The van der Waals surface area contributed by atoms with E-state index in [1.807, 2.05) is 6.08 Å². The first-order valence-electron chi connectivity index (χ1n) is 7.41. The van der Waals surface area contributed by atoms with E-state index < -0.39 is 35.2 Å². The normalized spacial score (nSPS) is 17.3. The molecule has 0 saturated heterocycles. The Morgan fingerprint density at radius 3 is 1.95 bits per heavy atom. The average molecular weight is 302 g/mol. The number of nitrogens with zero attached hydrogens (tertiary/aromatic N) is 1. The predicted octanol–water partition coefficient (Wildman–Crippen LogP) is 1.84. The van der Waals surface area contributed by atoms with Crippen molar-refractivity contribution in [1.29, 1.82) is 0 Å². The maximum absolute atomic E-state index is 11.3. The maximum atomic E-state index is 11.3. The molecule has 0 saturated carbocycles. The van der Waals surface area contributed by atoms with Gasteiger partial charge in [-0.1, -0.05) is 25.8 Å². The first-order chi connectivity index (χ1) is 9.83. The summed E-state index contributed by atoms with van der Waals surface area (Å²) in [5.74, 6) is -2.23. The summed E-state index contributed by atoms with van der Waals surface area (Å²) < 4.78 is -0.408. The Morgan fingerprint density at radius 2 is 1.57 bits per heavy atom. The van der Waals surface area contributed by atoms with Crippen LogP contribution in [0, 0.1) is 0 Å². The molecule has 0 aliphatic heterocycles. The molecule has 6 heteroatoms. The highest BCUT2D eigenvalue weighted by molar-refractivity contribution is 5.74. The summed E-state index contributed by atoms with van der Waals surface area (Å²) in [5, 5.41) is 28.1. The van der Waals surface area contributed by atoms with Gasteiger partial charge in [-0.25, -0.2) is 9.59 Å². The van der Waals surface area contributed by atoms with E-state index in [2.05, 4.69) is 6.92 Å². The van der Waals surface area contributed by atoms with Gasteiger partial charge in [0.2, 0.25) is 0 Å². The number of rotatable bonds is 11. The second-order valence-corrected chi connectivity index (χ2v) is 5.42. The molecule has 0 radical (unpaired) electrons. The fourth-order valence-corrected chi connectivity index (χ4v) is 2.30. The van der Waals surface area contributed by atoms with E-state index in [0.717, 1.165) is 25.7 Å². The van der Waals surface area contributed by atoms with Crippen molar-refractivity contribution in [3.8, 4) is 0 Å². The van der Waals surface area contributed by atoms with Crippen molar-refractivity contribution >= 4 is 11.9 Å². The zero-order valence-electron chi connectivity index (χ0n) is 13.2. The average Bonchev–Trinajstić information content (AvgIpc) is 2.45. The van der Waals surface area contributed by atoms with E-state index in [0.29, 0.717) is 0 Å². The number of quaternary nitrogens is 1. The Balaban J connectivity index is 5.03. The molecule has 122 valence electrons. The van der Waals surface area contributed by atoms with Crippen LogP contribution in [0.15, 0.2) is 12.2 Å². The molecule has 6 nitrogen and oxygen atoms in total. The molecule has 0 spiro atoms. The fraction of sp³-hybridized carbons (Fsp3) is 0.733. The molecule has 3 N–H and O–H groups in total. The third kappa shape index (κ3) is 5.47. The number of allylic oxidation sites excluding steroid dienone is 1. The largest absolute Gasteiger partial charge is 0.477 e. The third-order valence-electron chi connectivity index (χ3n) is 4.11. The van der Waals surface area contributed by atoms with Gasteiger partial charge < -0.3 is 15.3 Å². The Hall–Kier alpha value is -1.40. The second-order valence-electron chi connectivity index (χ2n) is 5.42. The molecular weight excluding hydrogens is 274 g/mol. The lowest BCUT2D eigenvalue weighted by molar-refractivity contribution is -0.966. The van der Waals surface area contributed by atoms with Crippen molar-refractivity contribution in [3.05, 3.63) is 12.2 Å². The van der Waals surface area contributed by atoms with Gasteiger partial charge in [0, 0.05) is 0 Å². The molecule has 0 fully saturated rings. The summed E-state index contributed by atoms with van der Waals surface area (Å²) in [6.07, 6.45) is 7.89. The molecule has 0 aromatic heterocycles. The van der Waals surface area contributed by atoms with Crippen LogP contribution in [-0.4, -0.2) is 57.1 Å². The molecule has 0 heterocycles. The van der Waals surface area contributed by atoms with E-state index >= 15 is 0 Å². The molecule has 0 rings (SSSR count). The van der Waals surface area contributed by atoms with E-state index in [-0.39, 0.29) is 6.54 Å². The van der Waals surface area contributed by atoms with Crippen molar-refractivity contribution in [3.63, 3.8) is 0 Å². The number of aliphatic hydroxyl groups is 1. The van der Waals surface area contributed by atoms with Crippen LogP contribution in [0.1, 0.15) is 46.5 Å². The summed E-state index contributed by atoms with van der Waals surface area (Å²) in [7, 11) is 0. The molecule has 0 aromatic carbocycles. The number of hydrogen-bond donors (Lipinski definition) is 3. The molecule has 21 heavy (non-hydrogen) atoms. The molecule has 0 bridgehead atoms. The lowest BCUT2D eigenvalue weighted by Crippen LogP contribution is -2.64. The molecular formula is C15H28NO5+. The quantitative estimate of drug-likeness (QED) is 0.234. The number of aliphatic hydroxyl groups excluding tert-OH is 1. The number of carbonyl (C=O) groups is 2. The van der Waals surface area contributed by atoms with Gasteiger partial charge in [0.15, 0.2) is 18.8 Å². The lowest BCUT2D eigenvalue weighted by atomic mass is 10.1. The standard InChI is InChI=1S/C15H27NO5/c1-4-5-6-7-8-9-10-16(11-17,12(2)14(18)19)13(3)15(20)21/h8-9,12-13,17H,4-7,10-11H2,1-3H3,(H-,18,19,20,21)/p+1/b9-8+. The van der Waals surface area contributed by atoms with Gasteiger partial charge >= 0.3 is 11.9 Å². The second kappa shape index (κ2) is 9.52. The molecule has 0 aliphatic carbocycles. The lowest BCUT2D eigenvalue weighted by Gasteiger charge is -2.41. The first kappa shape index (κ1) is 19.6. The Morgan fingerprint density at radius 1 is 1.05 bits per heavy atom. The van der Waals surface area contributed by atoms with Gasteiger partial charge in [-0.3, -0.25) is 4.48 Å². The monoisotopic (exact) mass is 302 g/mol. The summed E-state index contributed by atoms with van der Waals surface area (Å²) in [4.78, 5) is 22.5. The summed E-state index contributed by atoms with van der Waals surface area (Å²) in [6.45, 7) is 4.64. The van der Waals surface area contributed by atoms with Gasteiger partial charge in [0.1, 0.15) is 6.54 Å². The van der Waals surface area contributed by atoms with E-state index in [9.17, 15) is 24.9 Å². The maximum Gasteiger partial charge on any atom is 0.362 e. The zero-order valence-corrected chi connectivity index (χ0v) is 13.2. The van der Waals surface area contributed by atoms with Crippen LogP contribution < -0.4 is 0 Å². The highest BCUT2D eigenvalue weighted by Gasteiger charge is 2.45. The highest BCUT2D eigenvalue weighted by atomic mass is 16.4. The number of carboxylic acids is 2. The van der Waals surface area contributed by atoms with Crippen LogP contribution in [0.3, 0.4) is 0 Å². The summed E-state index contributed by atoms with van der Waals surface area (Å²) in [5.41, 5.74) is 0. The van der Waals surface area contributed by atoms with Gasteiger partial charge in [-0.05, 0) is 32.8 Å². The van der Waals surface area contributed by atoms with Crippen molar-refractivity contribution < 1.29 is 29.4 Å². The van der Waals surface area contributed by atoms with Crippen LogP contribution in [0.2, 0.25) is 0 Å². The third-order valence-corrected chi connectivity index (χ3v) is 4.11. The Kier molecular flexibility index (Phi) is 8.89. The smallest absolute Gasteiger partial charge is 0.362 e. The van der Waals surface area contributed by atoms with E-state index in [1.165, 1.54) is 13.8 Å². The Labute approximate surface area is 126 Å². The minimum Gasteiger partial charge on any atom is -0.477 e. The minimum absolute atomic E-state index is 0.184. The molecule has 0 amide bonds. The first-order valence-corrected chi connectivity index (χ1v) is 7.41. The molecule has 0 aromatic rings. The highest BCUT2D eigenvalue weighted by Crippen LogP contribution is 2.20. The van der Waals surface area contributed by atoms with Crippen molar-refractivity contribution in [1.82, 2.24) is 0 Å². The number of unbranched alkanes of at least 4 members (excludes halogenated alkanes) is 3. The van der Waals surface area contributed by atoms with Crippen LogP contribution in [0.25, 0.3) is 0 Å². The number of aliphatic carboxylic acids is 2. The summed E-state index contributed by atoms with van der Waals surface area (Å²) in [6, 6.07) is -2.00. The topological polar surface area (TPSA) is 94.8 Å². The summed E-state index contributed by atoms with van der Waals surface area (Å²) >= 11 is 0. The van der Waals surface area contributed by atoms with Gasteiger partial charge in [-0.15, -0.1) is 0 Å². The minimum atomic E-state index is -1.11. The number of hydrogen-bond acceptors (Lipinski definition) is 3. The van der Waals surface area contributed by atoms with E-state index in [4.69, 9.17) is 0 Å². The Bertz CT molecular complexity index is 347. The van der Waals surface area contributed by atoms with Crippen molar-refractivity contribution in [2.24, 2.45) is 0 Å².